The highest BCUT2D eigenvalue weighted by Gasteiger charge is 2.15. The lowest BCUT2D eigenvalue weighted by molar-refractivity contribution is -0.111. The molecular formula is C12H13NO4. The fourth-order valence-corrected chi connectivity index (χ4v) is 1.24. The first-order valence-corrected chi connectivity index (χ1v) is 4.94. The van der Waals surface area contributed by atoms with Crippen molar-refractivity contribution in [1.82, 2.24) is 0 Å². The first-order valence-electron chi connectivity index (χ1n) is 4.94. The summed E-state index contributed by atoms with van der Waals surface area (Å²) >= 11 is 0. The predicted octanol–water partition coefficient (Wildman–Crippen LogP) is 1.69. The molecule has 0 saturated carbocycles. The maximum Gasteiger partial charge on any atom is 0.341 e. The summed E-state index contributed by atoms with van der Waals surface area (Å²) in [6, 6.07) is 4.44. The van der Waals surface area contributed by atoms with Crippen LogP contribution in [0.4, 0.5) is 5.69 Å². The molecule has 17 heavy (non-hydrogen) atoms. The summed E-state index contributed by atoms with van der Waals surface area (Å²) < 4.78 is 4.50. The maximum atomic E-state index is 11.3. The van der Waals surface area contributed by atoms with Gasteiger partial charge in [0.15, 0.2) is 5.75 Å². The first-order chi connectivity index (χ1) is 8.10. The normalized spacial score (nSPS) is 10.2. The van der Waals surface area contributed by atoms with Gasteiger partial charge in [0.2, 0.25) is 5.91 Å². The average molecular weight is 235 g/mol. The van der Waals surface area contributed by atoms with Crippen molar-refractivity contribution in [2.24, 2.45) is 0 Å². The molecule has 0 saturated heterocycles. The minimum atomic E-state index is -0.662. The van der Waals surface area contributed by atoms with Crippen LogP contribution in [0.25, 0.3) is 0 Å². The molecule has 0 radical (unpaired) electrons. The number of para-hydroxylation sites is 1. The molecule has 0 aromatic heterocycles. The van der Waals surface area contributed by atoms with Gasteiger partial charge in [-0.3, -0.25) is 4.79 Å². The quantitative estimate of drug-likeness (QED) is 0.475. The van der Waals surface area contributed by atoms with Crippen molar-refractivity contribution < 1.29 is 19.4 Å². The molecule has 0 aliphatic rings. The van der Waals surface area contributed by atoms with Crippen molar-refractivity contribution in [2.45, 2.75) is 6.92 Å². The van der Waals surface area contributed by atoms with E-state index >= 15 is 0 Å². The van der Waals surface area contributed by atoms with E-state index in [1.165, 1.54) is 31.4 Å². The maximum absolute atomic E-state index is 11.3. The zero-order valence-corrected chi connectivity index (χ0v) is 9.56. The molecule has 1 aromatic carbocycles. The number of anilines is 1. The van der Waals surface area contributed by atoms with Gasteiger partial charge in [-0.15, -0.1) is 0 Å². The minimum Gasteiger partial charge on any atom is -0.505 e. The van der Waals surface area contributed by atoms with Crippen molar-refractivity contribution in [3.8, 4) is 5.75 Å². The number of nitrogens with one attached hydrogen (secondary N) is 1. The van der Waals surface area contributed by atoms with Gasteiger partial charge in [-0.2, -0.15) is 0 Å². The van der Waals surface area contributed by atoms with Crippen LogP contribution in [-0.4, -0.2) is 24.1 Å². The van der Waals surface area contributed by atoms with Gasteiger partial charge >= 0.3 is 5.97 Å². The van der Waals surface area contributed by atoms with Gasteiger partial charge < -0.3 is 15.2 Å². The molecule has 1 amide bonds. The molecule has 0 bridgehead atoms. The Morgan fingerprint density at radius 2 is 2.12 bits per heavy atom. The van der Waals surface area contributed by atoms with Crippen LogP contribution >= 0.6 is 0 Å². The largest absolute Gasteiger partial charge is 0.505 e. The molecule has 5 heteroatoms. The van der Waals surface area contributed by atoms with Crippen molar-refractivity contribution in [3.05, 3.63) is 35.9 Å². The zero-order valence-electron chi connectivity index (χ0n) is 9.56. The van der Waals surface area contributed by atoms with Crippen LogP contribution in [-0.2, 0) is 9.53 Å². The van der Waals surface area contributed by atoms with E-state index < -0.39 is 5.97 Å². The summed E-state index contributed by atoms with van der Waals surface area (Å²) in [5.41, 5.74) is 0.168. The molecular weight excluding hydrogens is 222 g/mol. The SMILES string of the molecule is C/C=C/C(=O)Nc1cccc(C(=O)OC)c1O. The van der Waals surface area contributed by atoms with Crippen LogP contribution in [0.15, 0.2) is 30.4 Å². The number of esters is 1. The number of hydrogen-bond acceptors (Lipinski definition) is 4. The Bertz CT molecular complexity index is 466. The van der Waals surface area contributed by atoms with Crippen LogP contribution in [0.5, 0.6) is 5.75 Å². The number of ether oxygens (including phenoxy) is 1. The van der Waals surface area contributed by atoms with E-state index in [2.05, 4.69) is 10.1 Å². The number of carbonyl (C=O) groups is 2. The van der Waals surface area contributed by atoms with Crippen molar-refractivity contribution in [3.63, 3.8) is 0 Å². The Morgan fingerprint density at radius 1 is 1.41 bits per heavy atom. The summed E-state index contributed by atoms with van der Waals surface area (Å²) in [5.74, 6) is -1.35. The van der Waals surface area contributed by atoms with Crippen LogP contribution in [0.3, 0.4) is 0 Å². The van der Waals surface area contributed by atoms with E-state index in [9.17, 15) is 14.7 Å². The number of phenolic OH excluding ortho intramolecular Hbond substituents is 1. The molecule has 0 unspecified atom stereocenters. The average Bonchev–Trinajstić information content (AvgIpc) is 2.31. The predicted molar refractivity (Wildman–Crippen MR) is 62.9 cm³/mol. The lowest BCUT2D eigenvalue weighted by atomic mass is 10.1. The first kappa shape index (κ1) is 12.8. The van der Waals surface area contributed by atoms with Crippen molar-refractivity contribution >= 4 is 17.6 Å². The topological polar surface area (TPSA) is 75.6 Å². The number of amides is 1. The Morgan fingerprint density at radius 3 is 2.71 bits per heavy atom. The fraction of sp³-hybridized carbons (Fsp3) is 0.167. The Kier molecular flexibility index (Phi) is 4.28. The van der Waals surface area contributed by atoms with Gasteiger partial charge in [-0.25, -0.2) is 4.79 Å². The third-order valence-corrected chi connectivity index (χ3v) is 2.02. The van der Waals surface area contributed by atoms with E-state index in [0.29, 0.717) is 0 Å². The number of hydrogen-bond donors (Lipinski definition) is 2. The monoisotopic (exact) mass is 235 g/mol. The van der Waals surface area contributed by atoms with E-state index in [1.807, 2.05) is 0 Å². The third kappa shape index (κ3) is 3.07. The second-order valence-corrected chi connectivity index (χ2v) is 3.18. The summed E-state index contributed by atoms with van der Waals surface area (Å²) in [7, 11) is 1.22. The second kappa shape index (κ2) is 5.69. The zero-order chi connectivity index (χ0) is 12.8. The summed E-state index contributed by atoms with van der Waals surface area (Å²) in [5, 5.41) is 12.2. The van der Waals surface area contributed by atoms with Crippen LogP contribution in [0.2, 0.25) is 0 Å². The number of aromatic hydroxyl groups is 1. The number of benzene rings is 1. The molecule has 0 aliphatic carbocycles. The number of phenols is 1. The molecule has 0 spiro atoms. The summed E-state index contributed by atoms with van der Waals surface area (Å²) in [6.07, 6.45) is 2.88. The number of methoxy groups -OCH3 is 1. The van der Waals surface area contributed by atoms with Crippen LogP contribution in [0, 0.1) is 0 Å². The number of carbonyl (C=O) groups excluding carboxylic acids is 2. The Hall–Kier alpha value is -2.30. The van der Waals surface area contributed by atoms with E-state index in [0.717, 1.165) is 0 Å². The van der Waals surface area contributed by atoms with Crippen LogP contribution in [0.1, 0.15) is 17.3 Å². The molecule has 5 nitrogen and oxygen atoms in total. The van der Waals surface area contributed by atoms with Crippen molar-refractivity contribution in [1.29, 1.82) is 0 Å². The van der Waals surface area contributed by atoms with Gasteiger partial charge in [0.05, 0.1) is 12.8 Å². The molecule has 0 aliphatic heterocycles. The van der Waals surface area contributed by atoms with E-state index in [-0.39, 0.29) is 22.9 Å². The summed E-state index contributed by atoms with van der Waals surface area (Å²) in [4.78, 5) is 22.6. The van der Waals surface area contributed by atoms with Crippen LogP contribution < -0.4 is 5.32 Å². The minimum absolute atomic E-state index is 0.00535. The van der Waals surface area contributed by atoms with Gasteiger partial charge in [0.25, 0.3) is 0 Å². The third-order valence-electron chi connectivity index (χ3n) is 2.02. The molecule has 0 fully saturated rings. The Labute approximate surface area is 98.7 Å². The highest BCUT2D eigenvalue weighted by molar-refractivity contribution is 6.02. The lowest BCUT2D eigenvalue weighted by Crippen LogP contribution is -2.09. The molecule has 90 valence electrons. The fourth-order valence-electron chi connectivity index (χ4n) is 1.24. The standard InChI is InChI=1S/C12H13NO4/c1-3-5-10(14)13-9-7-4-6-8(11(9)15)12(16)17-2/h3-7,15H,1-2H3,(H,13,14)/b5-3+. The van der Waals surface area contributed by atoms with Gasteiger partial charge in [0, 0.05) is 0 Å². The molecule has 0 heterocycles. The van der Waals surface area contributed by atoms with Gasteiger partial charge in [-0.1, -0.05) is 12.1 Å². The van der Waals surface area contributed by atoms with Gasteiger partial charge in [0.1, 0.15) is 5.56 Å². The molecule has 1 aromatic rings. The van der Waals surface area contributed by atoms with E-state index in [1.54, 1.807) is 13.0 Å². The molecule has 2 N–H and O–H groups in total. The van der Waals surface area contributed by atoms with E-state index in [4.69, 9.17) is 0 Å². The Balaban J connectivity index is 3.02. The highest BCUT2D eigenvalue weighted by atomic mass is 16.5. The number of rotatable bonds is 3. The smallest absolute Gasteiger partial charge is 0.341 e. The molecule has 1 rings (SSSR count). The highest BCUT2D eigenvalue weighted by Crippen LogP contribution is 2.27. The number of allylic oxidation sites excluding steroid dienone is 1. The van der Waals surface area contributed by atoms with Gasteiger partial charge in [-0.05, 0) is 25.1 Å². The van der Waals surface area contributed by atoms with Crippen molar-refractivity contribution in [2.75, 3.05) is 12.4 Å². The summed E-state index contributed by atoms with van der Waals surface area (Å²) in [6.45, 7) is 1.70. The molecule has 0 atom stereocenters. The lowest BCUT2D eigenvalue weighted by Gasteiger charge is -2.08. The second-order valence-electron chi connectivity index (χ2n) is 3.18.